The average molecular weight is 371 g/mol. The lowest BCUT2D eigenvalue weighted by Crippen LogP contribution is -2.16. The summed E-state index contributed by atoms with van der Waals surface area (Å²) in [6, 6.07) is 15.5. The van der Waals surface area contributed by atoms with Gasteiger partial charge in [0.05, 0.1) is 21.4 Å². The Morgan fingerprint density at radius 1 is 1.08 bits per heavy atom. The molecule has 0 radical (unpaired) electrons. The summed E-state index contributed by atoms with van der Waals surface area (Å²) in [5.74, 6) is 0. The van der Waals surface area contributed by atoms with E-state index in [2.05, 4.69) is 18.3 Å². The van der Waals surface area contributed by atoms with Gasteiger partial charge >= 0.3 is 0 Å². The molecule has 0 fully saturated rings. The Morgan fingerprint density at radius 2 is 1.77 bits per heavy atom. The maximum absolute atomic E-state index is 12.2. The molecule has 0 spiro atoms. The quantitative estimate of drug-likeness (QED) is 0.884. The maximum atomic E-state index is 12.2. The number of anilines is 1. The molecule has 5 heteroatoms. The van der Waals surface area contributed by atoms with Crippen molar-refractivity contribution in [1.29, 1.82) is 0 Å². The Hall–Kier alpha value is -2.40. The van der Waals surface area contributed by atoms with Crippen LogP contribution in [-0.2, 0) is 17.8 Å². The standard InChI is InChI=1S/C21H26N2O2S/c1-15-13-16(2)21(24)23(4)12-8-9-18(14-15)17(3)22-19-10-6-7-11-20(19)26(5)25/h6-14,17,22H,1-5H3/t17-,26?/m1/s1. The van der Waals surface area contributed by atoms with Gasteiger partial charge in [0.1, 0.15) is 0 Å². The van der Waals surface area contributed by atoms with Crippen molar-refractivity contribution in [1.82, 2.24) is 4.57 Å². The Morgan fingerprint density at radius 3 is 2.46 bits per heavy atom. The summed E-state index contributed by atoms with van der Waals surface area (Å²) in [6.07, 6.45) is 3.44. The molecule has 1 aromatic heterocycles. The van der Waals surface area contributed by atoms with E-state index in [-0.39, 0.29) is 11.6 Å². The highest BCUT2D eigenvalue weighted by Crippen LogP contribution is 2.24. The number of nitrogens with one attached hydrogen (secondary N) is 1. The Balaban J connectivity index is 2.49. The highest BCUT2D eigenvalue weighted by atomic mass is 32.2. The second kappa shape index (κ2) is 8.81. The van der Waals surface area contributed by atoms with Crippen molar-refractivity contribution >= 4 is 16.5 Å². The molecule has 138 valence electrons. The predicted octanol–water partition coefficient (Wildman–Crippen LogP) is 4.04. The molecule has 2 aromatic rings. The first-order valence-corrected chi connectivity index (χ1v) is 10.1. The minimum atomic E-state index is -1.06. The SMILES string of the molecule is Cc1cc([C@@H](C)Nc2ccccc2S(C)=O)cccn(C)c(=O)c(C)c1. The van der Waals surface area contributed by atoms with Crippen molar-refractivity contribution in [3.63, 3.8) is 0 Å². The summed E-state index contributed by atoms with van der Waals surface area (Å²) in [4.78, 5) is 13.0. The van der Waals surface area contributed by atoms with Crippen LogP contribution in [0.1, 0.15) is 29.7 Å². The molecule has 2 rings (SSSR count). The number of hydrogen-bond donors (Lipinski definition) is 1. The molecule has 26 heavy (non-hydrogen) atoms. The summed E-state index contributed by atoms with van der Waals surface area (Å²) in [6.45, 7) is 5.87. The zero-order valence-electron chi connectivity index (χ0n) is 15.9. The first-order valence-electron chi connectivity index (χ1n) is 8.50. The Labute approximate surface area is 157 Å². The summed E-state index contributed by atoms with van der Waals surface area (Å²) < 4.78 is 13.5. The van der Waals surface area contributed by atoms with E-state index >= 15 is 0 Å². The third-order valence-corrected chi connectivity index (χ3v) is 5.14. The van der Waals surface area contributed by atoms with Crippen LogP contribution in [0.15, 0.2) is 64.4 Å². The molecular weight excluding hydrogens is 344 g/mol. The number of benzene rings is 1. The number of aryl methyl sites for hydroxylation is 3. The molecular formula is C21H26N2O2S. The number of nitrogens with zero attached hydrogens (tertiary/aromatic N) is 1. The van der Waals surface area contributed by atoms with E-state index in [9.17, 15) is 9.00 Å². The van der Waals surface area contributed by atoms with Gasteiger partial charge in [0.15, 0.2) is 0 Å². The van der Waals surface area contributed by atoms with E-state index < -0.39 is 10.8 Å². The fourth-order valence-corrected chi connectivity index (χ4v) is 3.51. The first kappa shape index (κ1) is 19.9. The van der Waals surface area contributed by atoms with Gasteiger partial charge in [0.2, 0.25) is 0 Å². The van der Waals surface area contributed by atoms with Crippen LogP contribution in [-0.4, -0.2) is 15.0 Å². The highest BCUT2D eigenvalue weighted by Gasteiger charge is 2.09. The monoisotopic (exact) mass is 370 g/mol. The van der Waals surface area contributed by atoms with Crippen LogP contribution in [0.5, 0.6) is 0 Å². The van der Waals surface area contributed by atoms with Gasteiger partial charge in [-0.3, -0.25) is 9.00 Å². The zero-order chi connectivity index (χ0) is 19.3. The molecule has 0 aliphatic heterocycles. The molecule has 0 saturated heterocycles. The predicted molar refractivity (Wildman–Crippen MR) is 110 cm³/mol. The summed E-state index contributed by atoms with van der Waals surface area (Å²) in [5.41, 5.74) is 3.62. The van der Waals surface area contributed by atoms with E-state index in [4.69, 9.17) is 0 Å². The van der Waals surface area contributed by atoms with Gasteiger partial charge in [0.25, 0.3) is 5.56 Å². The fourth-order valence-electron chi connectivity index (χ4n) is 2.81. The largest absolute Gasteiger partial charge is 0.378 e. The zero-order valence-corrected chi connectivity index (χ0v) is 16.8. The molecule has 0 saturated carbocycles. The smallest absolute Gasteiger partial charge is 0.253 e. The number of para-hydroxylation sites is 1. The topological polar surface area (TPSA) is 51.1 Å². The van der Waals surface area contributed by atoms with Crippen molar-refractivity contribution in [2.45, 2.75) is 31.7 Å². The molecule has 0 amide bonds. The van der Waals surface area contributed by atoms with Gasteiger partial charge in [-0.15, -0.1) is 0 Å². The van der Waals surface area contributed by atoms with E-state index in [1.807, 2.05) is 56.3 Å². The molecule has 0 aliphatic rings. The van der Waals surface area contributed by atoms with Crippen LogP contribution in [0.25, 0.3) is 0 Å². The van der Waals surface area contributed by atoms with Crippen LogP contribution in [0, 0.1) is 13.8 Å². The molecule has 1 heterocycles. The van der Waals surface area contributed by atoms with Crippen molar-refractivity contribution in [3.05, 3.63) is 81.8 Å². The van der Waals surface area contributed by atoms with Crippen molar-refractivity contribution < 1.29 is 4.21 Å². The van der Waals surface area contributed by atoms with Crippen molar-refractivity contribution in [2.75, 3.05) is 11.6 Å². The normalized spacial score (nSPS) is 12.8. The third kappa shape index (κ3) is 5.05. The van der Waals surface area contributed by atoms with E-state index in [1.165, 1.54) is 0 Å². The van der Waals surface area contributed by atoms with E-state index in [1.54, 1.807) is 24.1 Å². The van der Waals surface area contributed by atoms with Crippen LogP contribution < -0.4 is 10.9 Å². The van der Waals surface area contributed by atoms with Crippen molar-refractivity contribution in [2.24, 2.45) is 7.05 Å². The lowest BCUT2D eigenvalue weighted by atomic mass is 10.1. The lowest BCUT2D eigenvalue weighted by molar-refractivity contribution is 0.686. The fraction of sp³-hybridized carbons (Fsp3) is 0.286. The first-order chi connectivity index (χ1) is 12.3. The molecule has 0 aliphatic carbocycles. The van der Waals surface area contributed by atoms with E-state index in [0.29, 0.717) is 5.56 Å². The minimum Gasteiger partial charge on any atom is -0.378 e. The highest BCUT2D eigenvalue weighted by molar-refractivity contribution is 7.84. The number of aromatic nitrogens is 1. The molecule has 4 nitrogen and oxygen atoms in total. The second-order valence-electron chi connectivity index (χ2n) is 6.46. The number of hydrogen-bond acceptors (Lipinski definition) is 3. The summed E-state index contributed by atoms with van der Waals surface area (Å²) >= 11 is 0. The van der Waals surface area contributed by atoms with Crippen LogP contribution in [0.2, 0.25) is 0 Å². The number of rotatable bonds is 4. The summed E-state index contributed by atoms with van der Waals surface area (Å²) in [7, 11) is 0.690. The minimum absolute atomic E-state index is 0.00782. The molecule has 1 N–H and O–H groups in total. The molecule has 1 aromatic carbocycles. The second-order valence-corrected chi connectivity index (χ2v) is 7.80. The van der Waals surface area contributed by atoms with Crippen LogP contribution in [0.3, 0.4) is 0 Å². The average Bonchev–Trinajstić information content (AvgIpc) is 2.59. The van der Waals surface area contributed by atoms with Gasteiger partial charge in [0, 0.05) is 31.1 Å². The summed E-state index contributed by atoms with van der Waals surface area (Å²) in [5, 5.41) is 3.46. The maximum Gasteiger partial charge on any atom is 0.253 e. The molecule has 2 atom stereocenters. The van der Waals surface area contributed by atoms with Gasteiger partial charge in [-0.25, -0.2) is 0 Å². The molecule has 0 bridgehead atoms. The van der Waals surface area contributed by atoms with Gasteiger partial charge in [-0.1, -0.05) is 35.9 Å². The van der Waals surface area contributed by atoms with Crippen LogP contribution in [0.4, 0.5) is 5.69 Å². The van der Waals surface area contributed by atoms with Gasteiger partial charge < -0.3 is 9.88 Å². The Kier molecular flexibility index (Phi) is 6.75. The van der Waals surface area contributed by atoms with Crippen molar-refractivity contribution in [3.8, 4) is 0 Å². The van der Waals surface area contributed by atoms with Gasteiger partial charge in [-0.2, -0.15) is 0 Å². The van der Waals surface area contributed by atoms with Crippen LogP contribution >= 0.6 is 0 Å². The third-order valence-electron chi connectivity index (χ3n) is 4.16. The lowest BCUT2D eigenvalue weighted by Gasteiger charge is -2.17. The Bertz CT molecular complexity index is 933. The van der Waals surface area contributed by atoms with Gasteiger partial charge in [-0.05, 0) is 44.5 Å². The van der Waals surface area contributed by atoms with E-state index in [0.717, 1.165) is 21.7 Å². The molecule has 1 unspecified atom stereocenters.